The van der Waals surface area contributed by atoms with Crippen molar-refractivity contribution in [2.24, 2.45) is 11.3 Å². The summed E-state index contributed by atoms with van der Waals surface area (Å²) in [7, 11) is 1.60. The molecular weight excluding hydrogens is 256 g/mol. The quantitative estimate of drug-likeness (QED) is 0.591. The van der Waals surface area contributed by atoms with E-state index in [9.17, 15) is 9.90 Å². The smallest absolute Gasteiger partial charge is 0.336 e. The Morgan fingerprint density at radius 2 is 2.20 bits per heavy atom. The van der Waals surface area contributed by atoms with E-state index in [0.717, 1.165) is 24.0 Å². The van der Waals surface area contributed by atoms with Crippen molar-refractivity contribution in [1.82, 2.24) is 0 Å². The van der Waals surface area contributed by atoms with Gasteiger partial charge in [-0.15, -0.1) is 0 Å². The number of methoxy groups -OCH3 is 1. The molecule has 0 radical (unpaired) electrons. The zero-order valence-electron chi connectivity index (χ0n) is 12.4. The van der Waals surface area contributed by atoms with Crippen LogP contribution in [-0.4, -0.2) is 30.1 Å². The highest BCUT2D eigenvalue weighted by atomic mass is 16.7. The molecule has 0 aromatic rings. The Kier molecular flexibility index (Phi) is 2.89. The third-order valence-electron chi connectivity index (χ3n) is 5.56. The van der Waals surface area contributed by atoms with E-state index in [2.05, 4.69) is 13.5 Å². The minimum Gasteiger partial charge on any atom is -0.426 e. The van der Waals surface area contributed by atoms with Gasteiger partial charge in [-0.2, -0.15) is 0 Å². The number of hydrogen-bond donors (Lipinski definition) is 1. The molecule has 0 aromatic heterocycles. The van der Waals surface area contributed by atoms with Gasteiger partial charge in [0.15, 0.2) is 0 Å². The Hall–Kier alpha value is -1.13. The lowest BCUT2D eigenvalue weighted by Crippen LogP contribution is -2.51. The summed E-state index contributed by atoms with van der Waals surface area (Å²) in [6, 6.07) is 0. The zero-order valence-corrected chi connectivity index (χ0v) is 12.4. The predicted octanol–water partition coefficient (Wildman–Crippen LogP) is 2.33. The third-order valence-corrected chi connectivity index (χ3v) is 5.56. The van der Waals surface area contributed by atoms with Crippen LogP contribution in [0.4, 0.5) is 0 Å². The van der Waals surface area contributed by atoms with Crippen molar-refractivity contribution in [3.05, 3.63) is 23.3 Å². The van der Waals surface area contributed by atoms with Crippen LogP contribution >= 0.6 is 0 Å². The molecule has 1 aliphatic heterocycles. The highest BCUT2D eigenvalue weighted by molar-refractivity contribution is 5.92. The fourth-order valence-electron chi connectivity index (χ4n) is 4.22. The van der Waals surface area contributed by atoms with E-state index in [4.69, 9.17) is 9.47 Å². The SMILES string of the molecule is C=C1[C@H](O)CC[C@]2(C)C[C@]3(OC)OC(=O)C(C)=C3C[C@H]12. The van der Waals surface area contributed by atoms with Gasteiger partial charge < -0.3 is 14.6 Å². The first-order valence-corrected chi connectivity index (χ1v) is 7.18. The summed E-state index contributed by atoms with van der Waals surface area (Å²) in [5.41, 5.74) is 2.44. The molecule has 1 heterocycles. The van der Waals surface area contributed by atoms with Gasteiger partial charge in [0.1, 0.15) is 0 Å². The lowest BCUT2D eigenvalue weighted by atomic mass is 9.56. The number of hydrogen-bond acceptors (Lipinski definition) is 4. The fraction of sp³-hybridized carbons (Fsp3) is 0.688. The lowest BCUT2D eigenvalue weighted by molar-refractivity contribution is -0.217. The molecule has 3 rings (SSSR count). The summed E-state index contributed by atoms with van der Waals surface area (Å²) in [5.74, 6) is -0.987. The number of aliphatic hydroxyl groups is 1. The molecule has 0 amide bonds. The van der Waals surface area contributed by atoms with E-state index in [-0.39, 0.29) is 17.3 Å². The summed E-state index contributed by atoms with van der Waals surface area (Å²) in [4.78, 5) is 11.9. The highest BCUT2D eigenvalue weighted by Gasteiger charge is 2.59. The second-order valence-corrected chi connectivity index (χ2v) is 6.67. The van der Waals surface area contributed by atoms with E-state index in [1.807, 2.05) is 0 Å². The summed E-state index contributed by atoms with van der Waals surface area (Å²) < 4.78 is 11.2. The number of ether oxygens (including phenoxy) is 2. The number of fused-ring (bicyclic) bond motifs is 2. The summed E-state index contributed by atoms with van der Waals surface area (Å²) in [5, 5.41) is 10.1. The van der Waals surface area contributed by atoms with Gasteiger partial charge in [0.05, 0.1) is 6.10 Å². The normalized spacial score (nSPS) is 44.2. The second kappa shape index (κ2) is 4.18. The number of aliphatic hydroxyl groups excluding tert-OH is 1. The van der Waals surface area contributed by atoms with Crippen LogP contribution in [-0.2, 0) is 14.3 Å². The minimum absolute atomic E-state index is 0.0409. The second-order valence-electron chi connectivity index (χ2n) is 6.67. The Bertz CT molecular complexity index is 521. The van der Waals surface area contributed by atoms with Crippen LogP contribution in [0.15, 0.2) is 23.3 Å². The molecule has 0 unspecified atom stereocenters. The summed E-state index contributed by atoms with van der Waals surface area (Å²) >= 11 is 0. The Balaban J connectivity index is 2.05. The third kappa shape index (κ3) is 1.64. The zero-order chi connectivity index (χ0) is 14.7. The van der Waals surface area contributed by atoms with Gasteiger partial charge in [-0.3, -0.25) is 0 Å². The van der Waals surface area contributed by atoms with Crippen molar-refractivity contribution in [3.8, 4) is 0 Å². The molecule has 2 aliphatic carbocycles. The van der Waals surface area contributed by atoms with Crippen molar-refractivity contribution in [1.29, 1.82) is 0 Å². The molecule has 110 valence electrons. The molecule has 4 atom stereocenters. The molecule has 2 fully saturated rings. The minimum atomic E-state index is -0.894. The maximum Gasteiger partial charge on any atom is 0.336 e. The predicted molar refractivity (Wildman–Crippen MR) is 73.7 cm³/mol. The molecule has 0 aromatic carbocycles. The number of carbonyl (C=O) groups is 1. The Morgan fingerprint density at radius 1 is 1.50 bits per heavy atom. The van der Waals surface area contributed by atoms with E-state index < -0.39 is 11.9 Å². The molecule has 0 bridgehead atoms. The van der Waals surface area contributed by atoms with Gasteiger partial charge in [0, 0.05) is 24.7 Å². The van der Waals surface area contributed by atoms with Crippen molar-refractivity contribution in [2.45, 2.75) is 51.4 Å². The molecule has 3 aliphatic rings. The molecule has 2 saturated carbocycles. The molecule has 1 N–H and O–H groups in total. The number of carbonyl (C=O) groups excluding carboxylic acids is 1. The van der Waals surface area contributed by atoms with Crippen LogP contribution in [0, 0.1) is 11.3 Å². The average molecular weight is 278 g/mol. The summed E-state index contributed by atoms with van der Waals surface area (Å²) in [6.07, 6.45) is 2.52. The largest absolute Gasteiger partial charge is 0.426 e. The molecule has 4 nitrogen and oxygen atoms in total. The number of esters is 1. The monoisotopic (exact) mass is 278 g/mol. The first-order chi connectivity index (χ1) is 9.33. The summed E-state index contributed by atoms with van der Waals surface area (Å²) in [6.45, 7) is 8.08. The van der Waals surface area contributed by atoms with Crippen molar-refractivity contribution < 1.29 is 19.4 Å². The van der Waals surface area contributed by atoms with Crippen LogP contribution in [0.25, 0.3) is 0 Å². The molecule has 4 heteroatoms. The van der Waals surface area contributed by atoms with Crippen molar-refractivity contribution in [2.75, 3.05) is 7.11 Å². The van der Waals surface area contributed by atoms with Crippen molar-refractivity contribution in [3.63, 3.8) is 0 Å². The van der Waals surface area contributed by atoms with Gasteiger partial charge >= 0.3 is 5.97 Å². The van der Waals surface area contributed by atoms with Crippen LogP contribution in [0.2, 0.25) is 0 Å². The van der Waals surface area contributed by atoms with Gasteiger partial charge in [-0.25, -0.2) is 4.79 Å². The van der Waals surface area contributed by atoms with Gasteiger partial charge in [-0.05, 0) is 43.1 Å². The van der Waals surface area contributed by atoms with E-state index >= 15 is 0 Å². The average Bonchev–Trinajstić information content (AvgIpc) is 2.65. The lowest BCUT2D eigenvalue weighted by Gasteiger charge is -2.52. The number of rotatable bonds is 1. The van der Waals surface area contributed by atoms with Crippen molar-refractivity contribution >= 4 is 5.97 Å². The first kappa shape index (κ1) is 13.8. The maximum absolute atomic E-state index is 11.9. The van der Waals surface area contributed by atoms with E-state index in [1.54, 1.807) is 14.0 Å². The maximum atomic E-state index is 11.9. The van der Waals surface area contributed by atoms with Crippen LogP contribution in [0.5, 0.6) is 0 Å². The van der Waals surface area contributed by atoms with Crippen LogP contribution in [0.3, 0.4) is 0 Å². The molecular formula is C16H22O4. The molecule has 0 saturated heterocycles. The van der Waals surface area contributed by atoms with E-state index in [1.165, 1.54) is 0 Å². The Labute approximate surface area is 119 Å². The van der Waals surface area contributed by atoms with Gasteiger partial charge in [-0.1, -0.05) is 13.5 Å². The fourth-order valence-corrected chi connectivity index (χ4v) is 4.22. The van der Waals surface area contributed by atoms with Crippen LogP contribution < -0.4 is 0 Å². The Morgan fingerprint density at radius 3 is 2.85 bits per heavy atom. The molecule has 20 heavy (non-hydrogen) atoms. The topological polar surface area (TPSA) is 55.8 Å². The van der Waals surface area contributed by atoms with Gasteiger partial charge in [0.25, 0.3) is 0 Å². The molecule has 0 spiro atoms. The highest BCUT2D eigenvalue weighted by Crippen LogP contribution is 2.59. The first-order valence-electron chi connectivity index (χ1n) is 7.18. The van der Waals surface area contributed by atoms with E-state index in [0.29, 0.717) is 18.4 Å². The standard InChI is InChI=1S/C16H22O4/c1-9-11-7-12-10(2)14(18)20-16(12,19-4)8-15(11,3)6-5-13(9)17/h11,13,17H,1,5-8H2,2-4H3/t11-,13-,15-,16+/m1/s1. The van der Waals surface area contributed by atoms with Crippen LogP contribution in [0.1, 0.15) is 39.5 Å². The van der Waals surface area contributed by atoms with Gasteiger partial charge in [0.2, 0.25) is 5.79 Å².